The van der Waals surface area contributed by atoms with Crippen molar-refractivity contribution in [3.05, 3.63) is 46.8 Å². The van der Waals surface area contributed by atoms with Crippen LogP contribution in [-0.4, -0.2) is 43.2 Å². The van der Waals surface area contributed by atoms with Crippen molar-refractivity contribution in [3.8, 4) is 0 Å². The minimum Gasteiger partial charge on any atom is -0.305 e. The topological polar surface area (TPSA) is 57.4 Å². The van der Waals surface area contributed by atoms with Crippen LogP contribution in [0.3, 0.4) is 0 Å². The molecule has 0 saturated heterocycles. The van der Waals surface area contributed by atoms with E-state index in [1.54, 1.807) is 0 Å². The van der Waals surface area contributed by atoms with Gasteiger partial charge < -0.3 is 4.57 Å². The highest BCUT2D eigenvalue weighted by Gasteiger charge is 2.39. The maximum Gasteiger partial charge on any atom is 0.451 e. The van der Waals surface area contributed by atoms with Gasteiger partial charge in [-0.05, 0) is 24.5 Å². The van der Waals surface area contributed by atoms with E-state index < -0.39 is 29.5 Å². The van der Waals surface area contributed by atoms with Crippen LogP contribution in [0.25, 0.3) is 0 Å². The normalized spacial score (nSPS) is 15.4. The second-order valence-electron chi connectivity index (χ2n) is 6.03. The van der Waals surface area contributed by atoms with Gasteiger partial charge in [0.25, 0.3) is 0 Å². The van der Waals surface area contributed by atoms with E-state index in [4.69, 9.17) is 0 Å². The van der Waals surface area contributed by atoms with Gasteiger partial charge in [0, 0.05) is 25.7 Å². The van der Waals surface area contributed by atoms with Crippen molar-refractivity contribution >= 4 is 0 Å². The van der Waals surface area contributed by atoms with Crippen LogP contribution in [0.2, 0.25) is 0 Å². The molecule has 1 aliphatic heterocycles. The highest BCUT2D eigenvalue weighted by atomic mass is 19.4. The first-order valence-electron chi connectivity index (χ1n) is 8.01. The number of hydrogen-bond acceptors (Lipinski definition) is 5. The van der Waals surface area contributed by atoms with Gasteiger partial charge in [-0.1, -0.05) is 0 Å². The Kier molecular flexibility index (Phi) is 5.40. The van der Waals surface area contributed by atoms with Crippen molar-refractivity contribution in [2.45, 2.75) is 32.1 Å². The molecule has 1 aromatic carbocycles. The zero-order valence-corrected chi connectivity index (χ0v) is 13.8. The summed E-state index contributed by atoms with van der Waals surface area (Å²) in [6.07, 6.45) is -4.36. The molecule has 12 heteroatoms. The largest absolute Gasteiger partial charge is 0.451 e. The predicted molar refractivity (Wildman–Crippen MR) is 78.6 cm³/mol. The fourth-order valence-electron chi connectivity index (χ4n) is 2.86. The van der Waals surface area contributed by atoms with E-state index in [1.165, 1.54) is 5.01 Å². The van der Waals surface area contributed by atoms with E-state index in [2.05, 4.69) is 10.2 Å². The minimum atomic E-state index is -4.61. The molecule has 1 aliphatic rings. The molecule has 0 atom stereocenters. The maximum absolute atomic E-state index is 13.6. The van der Waals surface area contributed by atoms with Gasteiger partial charge in [-0.15, -0.1) is 15.4 Å². The molecule has 2 aromatic rings. The molecule has 3 rings (SSSR count). The Morgan fingerprint density at radius 2 is 1.74 bits per heavy atom. The molecular weight excluding hydrogens is 380 g/mol. The number of benzene rings is 1. The fourth-order valence-corrected chi connectivity index (χ4v) is 2.86. The van der Waals surface area contributed by atoms with Crippen LogP contribution in [0, 0.1) is 17.5 Å². The molecule has 6 nitrogen and oxygen atoms in total. The summed E-state index contributed by atoms with van der Waals surface area (Å²) in [6.45, 7) is -0.0476. The number of nitrogens with zero attached hydrogens (tertiary/aromatic N) is 5. The Labute approximate surface area is 149 Å². The monoisotopic (exact) mass is 395 g/mol. The number of aryl methyl sites for hydroxylation is 1. The number of hydrazine groups is 1. The van der Waals surface area contributed by atoms with Crippen LogP contribution in [-0.2, 0) is 25.7 Å². The van der Waals surface area contributed by atoms with Gasteiger partial charge in [-0.2, -0.15) is 13.2 Å². The van der Waals surface area contributed by atoms with Gasteiger partial charge >= 0.3 is 6.18 Å². The molecule has 0 amide bonds. The maximum atomic E-state index is 13.6. The number of aromatic nitrogens is 3. The summed E-state index contributed by atoms with van der Waals surface area (Å²) in [6, 6.07) is 1.21. The Morgan fingerprint density at radius 3 is 2.44 bits per heavy atom. The summed E-state index contributed by atoms with van der Waals surface area (Å²) in [7, 11) is 0. The van der Waals surface area contributed by atoms with Crippen molar-refractivity contribution in [2.24, 2.45) is 0 Å². The van der Waals surface area contributed by atoms with E-state index in [0.717, 1.165) is 15.8 Å². The fraction of sp³-hybridized carbons (Fsp3) is 0.467. The summed E-state index contributed by atoms with van der Waals surface area (Å²) in [4.78, 5) is 0. The van der Waals surface area contributed by atoms with E-state index in [0.29, 0.717) is 6.07 Å². The molecule has 0 bridgehead atoms. The lowest BCUT2D eigenvalue weighted by atomic mass is 10.1. The third kappa shape index (κ3) is 4.22. The number of halogens is 6. The van der Waals surface area contributed by atoms with Crippen LogP contribution >= 0.6 is 0 Å². The molecule has 0 fully saturated rings. The minimum absolute atomic E-state index is 0.0126. The van der Waals surface area contributed by atoms with E-state index in [9.17, 15) is 31.5 Å². The van der Waals surface area contributed by atoms with Gasteiger partial charge in [0.05, 0.1) is 6.54 Å². The smallest absolute Gasteiger partial charge is 0.305 e. The second-order valence-corrected chi connectivity index (χ2v) is 6.03. The average molecular weight is 395 g/mol. The SMILES string of the molecule is ON(CCCc1cc(F)c(F)cc1F)N1CCn2c(nnc2C(F)(F)F)C1. The summed E-state index contributed by atoms with van der Waals surface area (Å²) in [5.41, 5.74) is -0.0319. The molecule has 2 heterocycles. The van der Waals surface area contributed by atoms with Crippen molar-refractivity contribution in [3.63, 3.8) is 0 Å². The highest BCUT2D eigenvalue weighted by molar-refractivity contribution is 5.20. The molecule has 0 radical (unpaired) electrons. The highest BCUT2D eigenvalue weighted by Crippen LogP contribution is 2.29. The Morgan fingerprint density at radius 1 is 1.04 bits per heavy atom. The van der Waals surface area contributed by atoms with Crippen molar-refractivity contribution in [1.82, 2.24) is 24.9 Å². The van der Waals surface area contributed by atoms with E-state index >= 15 is 0 Å². The lowest BCUT2D eigenvalue weighted by Gasteiger charge is -2.33. The Balaban J connectivity index is 1.56. The molecule has 27 heavy (non-hydrogen) atoms. The molecule has 1 N–H and O–H groups in total. The second kappa shape index (κ2) is 7.44. The van der Waals surface area contributed by atoms with Crippen molar-refractivity contribution in [1.29, 1.82) is 0 Å². The van der Waals surface area contributed by atoms with Crippen molar-refractivity contribution in [2.75, 3.05) is 13.1 Å². The van der Waals surface area contributed by atoms with Crippen LogP contribution in [0.4, 0.5) is 26.3 Å². The number of fused-ring (bicyclic) bond motifs is 1. The lowest BCUT2D eigenvalue weighted by molar-refractivity contribution is -0.256. The van der Waals surface area contributed by atoms with Gasteiger partial charge in [0.1, 0.15) is 11.6 Å². The lowest BCUT2D eigenvalue weighted by Crippen LogP contribution is -2.46. The predicted octanol–water partition coefficient (Wildman–Crippen LogP) is 2.77. The third-order valence-corrected chi connectivity index (χ3v) is 4.21. The first-order valence-corrected chi connectivity index (χ1v) is 8.01. The van der Waals surface area contributed by atoms with E-state index in [1.807, 2.05) is 0 Å². The number of hydroxylamine groups is 1. The average Bonchev–Trinajstić information content (AvgIpc) is 3.02. The summed E-state index contributed by atoms with van der Waals surface area (Å²) in [5.74, 6) is -4.36. The molecule has 0 aliphatic carbocycles. The molecule has 0 unspecified atom stereocenters. The summed E-state index contributed by atoms with van der Waals surface area (Å²) in [5, 5.41) is 18.9. The Hall–Kier alpha value is -2.18. The van der Waals surface area contributed by atoms with Gasteiger partial charge in [0.15, 0.2) is 11.6 Å². The molecule has 1 aromatic heterocycles. The van der Waals surface area contributed by atoms with Gasteiger partial charge in [-0.25, -0.2) is 18.2 Å². The zero-order chi connectivity index (χ0) is 19.8. The van der Waals surface area contributed by atoms with Crippen LogP contribution in [0.15, 0.2) is 12.1 Å². The molecule has 0 saturated carbocycles. The molecule has 148 valence electrons. The van der Waals surface area contributed by atoms with E-state index in [-0.39, 0.29) is 50.4 Å². The van der Waals surface area contributed by atoms with Crippen molar-refractivity contribution < 1.29 is 31.5 Å². The zero-order valence-electron chi connectivity index (χ0n) is 13.8. The number of alkyl halides is 3. The van der Waals surface area contributed by atoms with Gasteiger partial charge in [0.2, 0.25) is 5.82 Å². The molecule has 0 spiro atoms. The summed E-state index contributed by atoms with van der Waals surface area (Å²) >= 11 is 0. The standard InChI is InChI=1S/C15H15F6N5O/c16-10-7-12(18)11(17)6-9(10)2-1-3-26(27)24-4-5-25-13(8-24)22-23-14(25)15(19,20)21/h6-7,27H,1-5,8H2. The van der Waals surface area contributed by atoms with Gasteiger partial charge in [-0.3, -0.25) is 5.21 Å². The summed E-state index contributed by atoms with van der Waals surface area (Å²) < 4.78 is 79.0. The number of hydrogen-bond donors (Lipinski definition) is 1. The van der Waals surface area contributed by atoms with Crippen LogP contribution < -0.4 is 0 Å². The quantitative estimate of drug-likeness (QED) is 0.479. The third-order valence-electron chi connectivity index (χ3n) is 4.21. The van der Waals surface area contributed by atoms with Crippen LogP contribution in [0.5, 0.6) is 0 Å². The first kappa shape index (κ1) is 19.6. The Bertz CT molecular complexity index is 824. The number of rotatable bonds is 5. The molecular formula is C15H15F6N5O. The van der Waals surface area contributed by atoms with Crippen LogP contribution in [0.1, 0.15) is 23.6 Å². The first-order chi connectivity index (χ1) is 12.7.